The number of unbranched alkanes of at least 4 members (excludes halogenated alkanes) is 1. The van der Waals surface area contributed by atoms with Crippen molar-refractivity contribution in [3.63, 3.8) is 0 Å². The van der Waals surface area contributed by atoms with E-state index in [4.69, 9.17) is 0 Å². The number of likely N-dealkylation sites (tertiary alicyclic amines) is 1. The number of nitrogens with one attached hydrogen (secondary N) is 1. The predicted molar refractivity (Wildman–Crippen MR) is 69.5 cm³/mol. The van der Waals surface area contributed by atoms with Gasteiger partial charge >= 0.3 is 0 Å². The minimum Gasteiger partial charge on any atom is -0.343 e. The molecule has 1 rings (SSSR count). The largest absolute Gasteiger partial charge is 0.343 e. The van der Waals surface area contributed by atoms with E-state index in [2.05, 4.69) is 26.1 Å². The molecule has 1 aliphatic heterocycles. The zero-order chi connectivity index (χ0) is 12.0. The number of rotatable bonds is 5. The number of carbonyl (C=O) groups is 1. The van der Waals surface area contributed by atoms with Gasteiger partial charge in [-0.3, -0.25) is 4.79 Å². The second kappa shape index (κ2) is 6.89. The third kappa shape index (κ3) is 4.52. The number of hydrogen-bond donors (Lipinski definition) is 1. The van der Waals surface area contributed by atoms with Crippen molar-refractivity contribution in [2.24, 2.45) is 0 Å². The summed E-state index contributed by atoms with van der Waals surface area (Å²) in [5, 5.41) is 3.55. The molecule has 1 amide bonds. The lowest BCUT2D eigenvalue weighted by molar-refractivity contribution is -0.132. The summed E-state index contributed by atoms with van der Waals surface area (Å²) < 4.78 is 0. The highest BCUT2D eigenvalue weighted by Crippen LogP contribution is 2.13. The van der Waals surface area contributed by atoms with Crippen LogP contribution in [0.25, 0.3) is 0 Å². The zero-order valence-electron chi connectivity index (χ0n) is 11.0. The van der Waals surface area contributed by atoms with E-state index in [0.29, 0.717) is 18.0 Å². The highest BCUT2D eigenvalue weighted by Gasteiger charge is 2.22. The quantitative estimate of drug-likeness (QED) is 0.783. The molecule has 0 aromatic heterocycles. The Bertz CT molecular complexity index is 213. The fourth-order valence-corrected chi connectivity index (χ4v) is 2.25. The van der Waals surface area contributed by atoms with E-state index >= 15 is 0 Å². The Morgan fingerprint density at radius 2 is 2.06 bits per heavy atom. The van der Waals surface area contributed by atoms with Crippen molar-refractivity contribution < 1.29 is 6.22 Å². The van der Waals surface area contributed by atoms with Crippen LogP contribution in [0.2, 0.25) is 0 Å². The van der Waals surface area contributed by atoms with Crippen molar-refractivity contribution in [3.8, 4) is 0 Å². The van der Waals surface area contributed by atoms with Crippen LogP contribution in [0.4, 0.5) is 0 Å². The predicted octanol–water partition coefficient (Wildman–Crippen LogP) is 2.41. The van der Waals surface area contributed by atoms with Gasteiger partial charge in [0.1, 0.15) is 0 Å². The average Bonchev–Trinajstić information content (AvgIpc) is 2.26. The fraction of sp³-hybridized carbons (Fsp3) is 0.923. The molecule has 1 aliphatic rings. The molecule has 3 heteroatoms. The van der Waals surface area contributed by atoms with Gasteiger partial charge in [0.25, 0.3) is 0 Å². The maximum atomic E-state index is 11.8. The minimum atomic E-state index is 0. The zero-order valence-corrected chi connectivity index (χ0v) is 11.0. The third-order valence-corrected chi connectivity index (χ3v) is 3.16. The number of amides is 1. The summed E-state index contributed by atoms with van der Waals surface area (Å²) in [6, 6.07) is 1.16. The van der Waals surface area contributed by atoms with Crippen molar-refractivity contribution in [2.45, 2.75) is 65.0 Å². The Hall–Kier alpha value is -0.570. The first-order chi connectivity index (χ1) is 7.63. The molecule has 0 radical (unpaired) electrons. The smallest absolute Gasteiger partial charge is 0.222 e. The van der Waals surface area contributed by atoms with Gasteiger partial charge in [0.15, 0.2) is 0 Å². The third-order valence-electron chi connectivity index (χ3n) is 3.16. The van der Waals surface area contributed by atoms with E-state index in [9.17, 15) is 4.79 Å². The average molecular weight is 228 g/mol. The van der Waals surface area contributed by atoms with E-state index in [1.807, 2.05) is 4.90 Å². The summed E-state index contributed by atoms with van der Waals surface area (Å²) in [5.74, 6) is 0.352. The molecule has 96 valence electrons. The van der Waals surface area contributed by atoms with Gasteiger partial charge in [-0.25, -0.2) is 0 Å². The van der Waals surface area contributed by atoms with Gasteiger partial charge < -0.3 is 10.2 Å². The summed E-state index contributed by atoms with van der Waals surface area (Å²) in [7, 11) is 0. The van der Waals surface area contributed by atoms with Crippen molar-refractivity contribution in [1.29, 1.82) is 0 Å². The van der Waals surface area contributed by atoms with Crippen molar-refractivity contribution >= 4 is 5.91 Å². The van der Waals surface area contributed by atoms with Crippen LogP contribution in [0.3, 0.4) is 0 Å². The van der Waals surface area contributed by atoms with E-state index in [1.54, 1.807) is 0 Å². The second-order valence-corrected chi connectivity index (χ2v) is 5.08. The highest BCUT2D eigenvalue weighted by molar-refractivity contribution is 5.76. The number of nitrogens with zero attached hydrogens (tertiary/aromatic N) is 1. The van der Waals surface area contributed by atoms with Crippen molar-refractivity contribution in [2.75, 3.05) is 13.1 Å². The van der Waals surface area contributed by atoms with Gasteiger partial charge in [-0.2, -0.15) is 0 Å². The summed E-state index contributed by atoms with van der Waals surface area (Å²) in [6.07, 6.45) is 5.09. The Kier molecular flexibility index (Phi) is 5.81. The van der Waals surface area contributed by atoms with Crippen LogP contribution in [0.15, 0.2) is 0 Å². The van der Waals surface area contributed by atoms with Gasteiger partial charge in [0, 0.05) is 33.0 Å². The lowest BCUT2D eigenvalue weighted by Gasteiger charge is -2.33. The first-order valence-corrected chi connectivity index (χ1v) is 6.67. The first-order valence-electron chi connectivity index (χ1n) is 6.67. The van der Waals surface area contributed by atoms with Gasteiger partial charge in [0.2, 0.25) is 5.91 Å². The van der Waals surface area contributed by atoms with Crippen LogP contribution >= 0.6 is 0 Å². The Morgan fingerprint density at radius 3 is 2.56 bits per heavy atom. The second-order valence-electron chi connectivity index (χ2n) is 5.08. The van der Waals surface area contributed by atoms with Crippen molar-refractivity contribution in [1.82, 2.24) is 10.2 Å². The molecule has 16 heavy (non-hydrogen) atoms. The van der Waals surface area contributed by atoms with Gasteiger partial charge in [-0.05, 0) is 19.3 Å². The topological polar surface area (TPSA) is 32.3 Å². The van der Waals surface area contributed by atoms with Gasteiger partial charge in [-0.1, -0.05) is 27.2 Å². The SMILES string of the molecule is CCCCC(=O)N1CCC(NC(C)C)CC1.[HH]. The fourth-order valence-electron chi connectivity index (χ4n) is 2.25. The molecule has 1 saturated heterocycles. The summed E-state index contributed by atoms with van der Waals surface area (Å²) in [5.41, 5.74) is 0. The van der Waals surface area contributed by atoms with Crippen LogP contribution in [0, 0.1) is 0 Å². The first kappa shape index (κ1) is 13.5. The summed E-state index contributed by atoms with van der Waals surface area (Å²) >= 11 is 0. The molecule has 1 heterocycles. The Labute approximate surface area is 101 Å². The summed E-state index contributed by atoms with van der Waals surface area (Å²) in [4.78, 5) is 13.8. The molecule has 0 spiro atoms. The highest BCUT2D eigenvalue weighted by atomic mass is 16.2. The maximum Gasteiger partial charge on any atom is 0.222 e. The molecule has 0 aromatic rings. The van der Waals surface area contributed by atoms with Crippen LogP contribution < -0.4 is 5.32 Å². The van der Waals surface area contributed by atoms with Crippen LogP contribution in [0.1, 0.15) is 54.3 Å². The molecule has 0 atom stereocenters. The molecule has 0 bridgehead atoms. The molecule has 0 saturated carbocycles. The van der Waals surface area contributed by atoms with Crippen LogP contribution in [0.5, 0.6) is 0 Å². The molecular formula is C13H28N2O. The number of carbonyl (C=O) groups excluding carboxylic acids is 1. The number of hydrogen-bond acceptors (Lipinski definition) is 2. The normalized spacial score (nSPS) is 18.1. The lowest BCUT2D eigenvalue weighted by Crippen LogP contribution is -2.46. The molecule has 0 aliphatic carbocycles. The molecule has 1 fully saturated rings. The molecule has 3 nitrogen and oxygen atoms in total. The number of piperidine rings is 1. The molecule has 1 N–H and O–H groups in total. The van der Waals surface area contributed by atoms with Gasteiger partial charge in [0.05, 0.1) is 0 Å². The molecule has 0 aromatic carbocycles. The van der Waals surface area contributed by atoms with E-state index in [1.165, 1.54) is 0 Å². The monoisotopic (exact) mass is 228 g/mol. The van der Waals surface area contributed by atoms with E-state index in [-0.39, 0.29) is 1.43 Å². The molecule has 0 unspecified atom stereocenters. The van der Waals surface area contributed by atoms with Crippen molar-refractivity contribution in [3.05, 3.63) is 0 Å². The Morgan fingerprint density at radius 1 is 1.44 bits per heavy atom. The lowest BCUT2D eigenvalue weighted by atomic mass is 10.0. The Balaban J connectivity index is 0.00000256. The van der Waals surface area contributed by atoms with Gasteiger partial charge in [-0.15, -0.1) is 0 Å². The maximum absolute atomic E-state index is 11.8. The van der Waals surface area contributed by atoms with E-state index < -0.39 is 0 Å². The minimum absolute atomic E-state index is 0. The van der Waals surface area contributed by atoms with Crippen LogP contribution in [-0.2, 0) is 4.79 Å². The standard InChI is InChI=1S/C13H26N2O.H2/c1-4-5-6-13(16)15-9-7-12(8-10-15)14-11(2)3;/h11-12,14H,4-10H2,1-3H3;1H. The molecular weight excluding hydrogens is 200 g/mol. The van der Waals surface area contributed by atoms with E-state index in [0.717, 1.165) is 45.2 Å². The van der Waals surface area contributed by atoms with Crippen LogP contribution in [-0.4, -0.2) is 36.0 Å². The summed E-state index contributed by atoms with van der Waals surface area (Å²) in [6.45, 7) is 8.36.